The van der Waals surface area contributed by atoms with Gasteiger partial charge in [-0.15, -0.1) is 0 Å². The van der Waals surface area contributed by atoms with Gasteiger partial charge in [-0.25, -0.2) is 0 Å². The van der Waals surface area contributed by atoms with Crippen LogP contribution < -0.4 is 0 Å². The van der Waals surface area contributed by atoms with Crippen molar-refractivity contribution in [3.63, 3.8) is 0 Å². The molecule has 0 N–H and O–H groups in total. The van der Waals surface area contributed by atoms with Crippen LogP contribution in [0.15, 0.2) is 0 Å². The quantitative estimate of drug-likeness (QED) is 0.481. The van der Waals surface area contributed by atoms with Crippen molar-refractivity contribution >= 4 is 11.8 Å². The van der Waals surface area contributed by atoms with Gasteiger partial charge in [0.15, 0.2) is 0 Å². The van der Waals surface area contributed by atoms with Crippen LogP contribution in [0, 0.1) is 0 Å². The number of ether oxygens (including phenoxy) is 1. The Morgan fingerprint density at radius 3 is 2.36 bits per heavy atom. The zero-order valence-electron chi connectivity index (χ0n) is 6.36. The van der Waals surface area contributed by atoms with Crippen molar-refractivity contribution in [1.29, 1.82) is 0 Å². The Balaban J connectivity index is 4.14. The summed E-state index contributed by atoms with van der Waals surface area (Å²) in [5.74, 6) is -1.06. The van der Waals surface area contributed by atoms with Crippen molar-refractivity contribution in [2.75, 3.05) is 6.61 Å². The van der Waals surface area contributed by atoms with Crippen LogP contribution in [0.3, 0.4) is 0 Å². The van der Waals surface area contributed by atoms with Gasteiger partial charge in [0.25, 0.3) is 0 Å². The van der Waals surface area contributed by atoms with E-state index in [1.165, 1.54) is 6.92 Å². The Morgan fingerprint density at radius 1 is 1.55 bits per heavy atom. The van der Waals surface area contributed by atoms with Gasteiger partial charge in [0.05, 0.1) is 0 Å². The molecular weight excluding hydrogens is 187 g/mol. The topological polar surface area (TPSA) is 60.4 Å². The van der Waals surface area contributed by atoms with Crippen LogP contribution in [-0.2, 0) is 34.2 Å². The van der Waals surface area contributed by atoms with Crippen molar-refractivity contribution < 1.29 is 34.2 Å². The van der Waals surface area contributed by atoms with Crippen LogP contribution >= 0.6 is 0 Å². The summed E-state index contributed by atoms with van der Waals surface area (Å²) in [6.45, 7) is 3.08. The normalized spacial score (nSPS) is 11.8. The number of hydrogen-bond donors (Lipinski definition) is 0. The average molecular weight is 196 g/mol. The van der Waals surface area contributed by atoms with E-state index in [1.54, 1.807) is 6.92 Å². The molecule has 0 spiro atoms. The molecular formula is C6H9O4V. The molecule has 0 radical (unpaired) electrons. The van der Waals surface area contributed by atoms with Gasteiger partial charge >= 0.3 is 71.1 Å². The first-order chi connectivity index (χ1) is 5.13. The molecule has 0 fully saturated rings. The summed E-state index contributed by atoms with van der Waals surface area (Å²) in [7, 11) is 0. The fraction of sp³-hybridized carbons (Fsp3) is 0.667. The summed E-state index contributed by atoms with van der Waals surface area (Å²) in [4.78, 5) is 21.4. The second-order valence-electron chi connectivity index (χ2n) is 1.87. The minimum absolute atomic E-state index is 0.212. The van der Waals surface area contributed by atoms with Gasteiger partial charge in [0.1, 0.15) is 0 Å². The Hall–Kier alpha value is -0.476. The third-order valence-corrected chi connectivity index (χ3v) is 2.23. The Kier molecular flexibility index (Phi) is 4.99. The molecule has 0 aromatic heterocycles. The second kappa shape index (κ2) is 5.21. The number of hydrogen-bond acceptors (Lipinski definition) is 4. The van der Waals surface area contributed by atoms with Gasteiger partial charge in [0.2, 0.25) is 0 Å². The molecule has 5 heteroatoms. The third kappa shape index (κ3) is 3.44. The van der Waals surface area contributed by atoms with Crippen LogP contribution in [0.25, 0.3) is 0 Å². The van der Waals surface area contributed by atoms with Crippen molar-refractivity contribution in [2.45, 2.75) is 18.5 Å². The van der Waals surface area contributed by atoms with Crippen molar-refractivity contribution in [2.24, 2.45) is 0 Å². The zero-order valence-corrected chi connectivity index (χ0v) is 7.76. The molecule has 0 saturated carbocycles. The summed E-state index contributed by atoms with van der Waals surface area (Å²) in [5.41, 5.74) is 0. The molecule has 0 bridgehead atoms. The Labute approximate surface area is 71.6 Å². The summed E-state index contributed by atoms with van der Waals surface area (Å²) in [5, 5.41) is 0. The number of ketones is 1. The van der Waals surface area contributed by atoms with Crippen LogP contribution in [0.4, 0.5) is 0 Å². The predicted octanol–water partition coefficient (Wildman–Crippen LogP) is 0.355. The number of carbonyl (C=O) groups excluding carboxylic acids is 2. The third-order valence-electron chi connectivity index (χ3n) is 1.00. The fourth-order valence-electron chi connectivity index (χ4n) is 0.504. The van der Waals surface area contributed by atoms with Crippen molar-refractivity contribution in [3.8, 4) is 0 Å². The molecule has 0 amide bonds. The molecule has 0 aliphatic rings. The van der Waals surface area contributed by atoms with Gasteiger partial charge < -0.3 is 0 Å². The van der Waals surface area contributed by atoms with Gasteiger partial charge in [-0.3, -0.25) is 0 Å². The zero-order chi connectivity index (χ0) is 8.85. The van der Waals surface area contributed by atoms with E-state index in [4.69, 9.17) is 0 Å². The van der Waals surface area contributed by atoms with Crippen molar-refractivity contribution in [3.05, 3.63) is 0 Å². The van der Waals surface area contributed by atoms with E-state index in [9.17, 15) is 13.3 Å². The van der Waals surface area contributed by atoms with Gasteiger partial charge in [-0.1, -0.05) is 0 Å². The number of carbonyl (C=O) groups is 2. The first-order valence-electron chi connectivity index (χ1n) is 3.13. The second-order valence-corrected chi connectivity index (χ2v) is 3.01. The summed E-state index contributed by atoms with van der Waals surface area (Å²) < 4.78 is 13.9. The van der Waals surface area contributed by atoms with Crippen LogP contribution in [0.2, 0.25) is 4.63 Å². The van der Waals surface area contributed by atoms with Crippen molar-refractivity contribution in [1.82, 2.24) is 0 Å². The molecule has 0 rings (SSSR count). The van der Waals surface area contributed by atoms with E-state index in [0.29, 0.717) is 0 Å². The van der Waals surface area contributed by atoms with Gasteiger partial charge in [-0.2, -0.15) is 0 Å². The fourth-order valence-corrected chi connectivity index (χ4v) is 0.987. The monoisotopic (exact) mass is 196 g/mol. The number of esters is 1. The molecule has 0 heterocycles. The Bertz CT molecular complexity index is 177. The van der Waals surface area contributed by atoms with Gasteiger partial charge in [0, 0.05) is 0 Å². The molecule has 1 unspecified atom stereocenters. The van der Waals surface area contributed by atoms with Gasteiger partial charge in [-0.05, 0) is 0 Å². The molecule has 1 atom stereocenters. The van der Waals surface area contributed by atoms with E-state index in [1.807, 2.05) is 0 Å². The average Bonchev–Trinajstić information content (AvgIpc) is 1.88. The molecule has 0 saturated heterocycles. The van der Waals surface area contributed by atoms with E-state index in [2.05, 4.69) is 4.74 Å². The molecule has 0 aliphatic heterocycles. The van der Waals surface area contributed by atoms with Crippen LogP contribution in [0.1, 0.15) is 13.8 Å². The molecule has 0 aromatic carbocycles. The first-order valence-corrected chi connectivity index (χ1v) is 4.50. The SMILES string of the molecule is CCOC(=O)[CH]([V]=[O])C(C)=O. The number of Topliss-reactive ketones (excluding diaryl/α,β-unsaturated/α-hetero) is 1. The maximum absolute atomic E-state index is 10.8. The molecule has 62 valence electrons. The molecule has 0 aromatic rings. The summed E-state index contributed by atoms with van der Waals surface area (Å²) in [6.07, 6.45) is 0. The van der Waals surface area contributed by atoms with E-state index in [0.717, 1.165) is 0 Å². The van der Waals surface area contributed by atoms with E-state index in [-0.39, 0.29) is 6.61 Å². The molecule has 0 aliphatic carbocycles. The predicted molar refractivity (Wildman–Crippen MR) is 31.8 cm³/mol. The standard InChI is InChI=1S/C6H9O3.O.V/c1-3-9-6(8)4-5(2)7;;/h4H,3H2,1-2H3;;. The Morgan fingerprint density at radius 2 is 2.09 bits per heavy atom. The summed E-state index contributed by atoms with van der Waals surface area (Å²) in [6, 6.07) is 0. The minimum atomic E-state index is -1.49. The number of rotatable bonds is 4. The van der Waals surface area contributed by atoms with Crippen LogP contribution in [0.5, 0.6) is 0 Å². The maximum atomic E-state index is 10.8. The first kappa shape index (κ1) is 10.5. The van der Waals surface area contributed by atoms with E-state index >= 15 is 0 Å². The summed E-state index contributed by atoms with van der Waals surface area (Å²) >= 11 is -1.49. The van der Waals surface area contributed by atoms with E-state index < -0.39 is 32.6 Å². The van der Waals surface area contributed by atoms with Crippen LogP contribution in [-0.4, -0.2) is 18.4 Å². The molecule has 4 nitrogen and oxygen atoms in total. The molecule has 11 heavy (non-hydrogen) atoms.